The number of rotatable bonds is 7. The molecule has 0 fully saturated rings. The Morgan fingerprint density at radius 1 is 1.22 bits per heavy atom. The van der Waals surface area contributed by atoms with E-state index >= 15 is 0 Å². The molecule has 0 aliphatic carbocycles. The zero-order valence-corrected chi connectivity index (χ0v) is 17.2. The van der Waals surface area contributed by atoms with E-state index < -0.39 is 29.2 Å². The van der Waals surface area contributed by atoms with Crippen LogP contribution in [0.15, 0.2) is 54.6 Å². The Morgan fingerprint density at radius 2 is 1.94 bits per heavy atom. The van der Waals surface area contributed by atoms with E-state index in [4.69, 9.17) is 4.74 Å². The lowest BCUT2D eigenvalue weighted by atomic mass is 10.2. The van der Waals surface area contributed by atoms with Gasteiger partial charge in [-0.2, -0.15) is 5.10 Å². The first-order valence-corrected chi connectivity index (χ1v) is 9.46. The second kappa shape index (κ2) is 9.65. The van der Waals surface area contributed by atoms with Crippen molar-refractivity contribution in [3.8, 4) is 5.69 Å². The second-order valence-electron chi connectivity index (χ2n) is 6.74. The van der Waals surface area contributed by atoms with Gasteiger partial charge in [0.1, 0.15) is 5.82 Å². The van der Waals surface area contributed by atoms with Crippen LogP contribution in [0.2, 0.25) is 0 Å². The van der Waals surface area contributed by atoms with Crippen molar-refractivity contribution in [1.82, 2.24) is 9.78 Å². The van der Waals surface area contributed by atoms with Crippen molar-refractivity contribution in [2.24, 2.45) is 0 Å². The van der Waals surface area contributed by atoms with Crippen LogP contribution in [0.25, 0.3) is 11.8 Å². The summed E-state index contributed by atoms with van der Waals surface area (Å²) in [6.07, 6.45) is 2.70. The molecule has 0 aliphatic heterocycles. The number of para-hydroxylation sites is 1. The van der Waals surface area contributed by atoms with Crippen molar-refractivity contribution in [2.75, 3.05) is 11.9 Å². The van der Waals surface area contributed by atoms with Crippen LogP contribution in [0.3, 0.4) is 0 Å². The summed E-state index contributed by atoms with van der Waals surface area (Å²) in [6, 6.07) is 12.2. The summed E-state index contributed by atoms with van der Waals surface area (Å²) in [7, 11) is 0. The quantitative estimate of drug-likeness (QED) is 0.260. The van der Waals surface area contributed by atoms with Gasteiger partial charge in [-0.15, -0.1) is 0 Å². The van der Waals surface area contributed by atoms with Crippen molar-refractivity contribution in [1.29, 1.82) is 0 Å². The SMILES string of the molecule is Cc1nn(-c2ccccc2)c(C)c1/C=C/C(=O)OCC(=O)Nc1cc([N+](=O)[O-])ccc1F. The number of non-ortho nitro benzene ring substituents is 1. The Bertz CT molecular complexity index is 1200. The summed E-state index contributed by atoms with van der Waals surface area (Å²) in [5.74, 6) is -2.47. The van der Waals surface area contributed by atoms with Crippen molar-refractivity contribution in [3.63, 3.8) is 0 Å². The predicted molar refractivity (Wildman–Crippen MR) is 115 cm³/mol. The molecule has 0 aliphatic rings. The molecule has 1 N–H and O–H groups in total. The van der Waals surface area contributed by atoms with Crippen LogP contribution in [0.5, 0.6) is 0 Å². The number of esters is 1. The Hall–Kier alpha value is -4.34. The molecule has 1 amide bonds. The number of ether oxygens (including phenoxy) is 1. The summed E-state index contributed by atoms with van der Waals surface area (Å²) in [5.41, 5.74) is 2.36. The first kappa shape index (κ1) is 22.3. The summed E-state index contributed by atoms with van der Waals surface area (Å²) in [4.78, 5) is 34.0. The Kier molecular flexibility index (Phi) is 6.74. The van der Waals surface area contributed by atoms with Gasteiger partial charge in [-0.25, -0.2) is 13.9 Å². The maximum absolute atomic E-state index is 13.7. The molecule has 1 aromatic heterocycles. The molecule has 3 rings (SSSR count). The van der Waals surface area contributed by atoms with Gasteiger partial charge in [-0.1, -0.05) is 18.2 Å². The smallest absolute Gasteiger partial charge is 0.331 e. The number of nitro groups is 1. The monoisotopic (exact) mass is 438 g/mol. The number of amides is 1. The van der Waals surface area contributed by atoms with Gasteiger partial charge >= 0.3 is 5.97 Å². The van der Waals surface area contributed by atoms with E-state index in [9.17, 15) is 24.1 Å². The van der Waals surface area contributed by atoms with Crippen molar-refractivity contribution in [2.45, 2.75) is 13.8 Å². The minimum atomic E-state index is -0.850. The van der Waals surface area contributed by atoms with Gasteiger partial charge in [-0.3, -0.25) is 14.9 Å². The van der Waals surface area contributed by atoms with E-state index in [-0.39, 0.29) is 11.4 Å². The largest absolute Gasteiger partial charge is 0.452 e. The second-order valence-corrected chi connectivity index (χ2v) is 6.74. The summed E-state index contributed by atoms with van der Waals surface area (Å²) in [6.45, 7) is 2.98. The van der Waals surface area contributed by atoms with Gasteiger partial charge < -0.3 is 10.1 Å². The average molecular weight is 438 g/mol. The van der Waals surface area contributed by atoms with Crippen molar-refractivity contribution in [3.05, 3.63) is 87.5 Å². The third-order valence-electron chi connectivity index (χ3n) is 4.51. The van der Waals surface area contributed by atoms with E-state index in [0.717, 1.165) is 41.2 Å². The fourth-order valence-corrected chi connectivity index (χ4v) is 2.96. The van der Waals surface area contributed by atoms with E-state index in [1.807, 2.05) is 37.3 Å². The lowest BCUT2D eigenvalue weighted by Gasteiger charge is -2.06. The lowest BCUT2D eigenvalue weighted by Crippen LogP contribution is -2.20. The van der Waals surface area contributed by atoms with E-state index in [1.54, 1.807) is 11.6 Å². The first-order chi connectivity index (χ1) is 15.3. The van der Waals surface area contributed by atoms with Gasteiger partial charge in [0.2, 0.25) is 0 Å². The first-order valence-electron chi connectivity index (χ1n) is 9.46. The van der Waals surface area contributed by atoms with E-state index in [0.29, 0.717) is 5.69 Å². The highest BCUT2D eigenvalue weighted by molar-refractivity contribution is 5.95. The zero-order valence-electron chi connectivity index (χ0n) is 17.2. The minimum absolute atomic E-state index is 0.379. The molecule has 2 aromatic carbocycles. The van der Waals surface area contributed by atoms with E-state index in [2.05, 4.69) is 10.4 Å². The molecule has 0 spiro atoms. The van der Waals surface area contributed by atoms with Crippen LogP contribution in [0.1, 0.15) is 17.0 Å². The molecular weight excluding hydrogens is 419 g/mol. The number of aryl methyl sites for hydroxylation is 1. The number of nitro benzene ring substituents is 1. The lowest BCUT2D eigenvalue weighted by molar-refractivity contribution is -0.384. The molecule has 0 bridgehead atoms. The summed E-state index contributed by atoms with van der Waals surface area (Å²) >= 11 is 0. The maximum atomic E-state index is 13.7. The average Bonchev–Trinajstić information content (AvgIpc) is 3.06. The van der Waals surface area contributed by atoms with Crippen LogP contribution in [0, 0.1) is 29.8 Å². The highest BCUT2D eigenvalue weighted by Crippen LogP contribution is 2.21. The molecule has 32 heavy (non-hydrogen) atoms. The number of halogens is 1. The molecule has 3 aromatic rings. The number of anilines is 1. The Labute approximate surface area is 182 Å². The van der Waals surface area contributed by atoms with Crippen LogP contribution in [-0.4, -0.2) is 33.2 Å². The number of hydrogen-bond acceptors (Lipinski definition) is 6. The summed E-state index contributed by atoms with van der Waals surface area (Å²) in [5, 5.41) is 17.4. The zero-order chi connectivity index (χ0) is 23.3. The van der Waals surface area contributed by atoms with Crippen molar-refractivity contribution >= 4 is 29.3 Å². The molecule has 0 radical (unpaired) electrons. The van der Waals surface area contributed by atoms with Gasteiger partial charge in [0.15, 0.2) is 6.61 Å². The molecule has 0 saturated heterocycles. The predicted octanol–water partition coefficient (Wildman–Crippen LogP) is 3.73. The highest BCUT2D eigenvalue weighted by atomic mass is 19.1. The Morgan fingerprint density at radius 3 is 2.62 bits per heavy atom. The Balaban J connectivity index is 1.61. The third-order valence-corrected chi connectivity index (χ3v) is 4.51. The minimum Gasteiger partial charge on any atom is -0.452 e. The summed E-state index contributed by atoms with van der Waals surface area (Å²) < 4.78 is 20.4. The number of carbonyl (C=O) groups excluding carboxylic acids is 2. The number of hydrogen-bond donors (Lipinski definition) is 1. The topological polar surface area (TPSA) is 116 Å². The molecule has 9 nitrogen and oxygen atoms in total. The van der Waals surface area contributed by atoms with Crippen LogP contribution in [0.4, 0.5) is 15.8 Å². The van der Waals surface area contributed by atoms with Crippen LogP contribution in [-0.2, 0) is 14.3 Å². The molecule has 0 atom stereocenters. The van der Waals surface area contributed by atoms with Crippen LogP contribution < -0.4 is 5.32 Å². The molecule has 0 unspecified atom stereocenters. The fourth-order valence-electron chi connectivity index (χ4n) is 2.96. The van der Waals surface area contributed by atoms with Gasteiger partial charge in [-0.05, 0) is 38.1 Å². The molecule has 0 saturated carbocycles. The number of carbonyl (C=O) groups is 2. The highest BCUT2D eigenvalue weighted by Gasteiger charge is 2.15. The third kappa shape index (κ3) is 5.22. The molecule has 10 heteroatoms. The number of nitrogens with zero attached hydrogens (tertiary/aromatic N) is 3. The number of aromatic nitrogens is 2. The number of nitrogens with one attached hydrogen (secondary N) is 1. The van der Waals surface area contributed by atoms with Gasteiger partial charge in [0.25, 0.3) is 11.6 Å². The normalized spacial score (nSPS) is 10.8. The van der Waals surface area contributed by atoms with Gasteiger partial charge in [0, 0.05) is 29.5 Å². The number of benzene rings is 2. The molecule has 1 heterocycles. The molecular formula is C22H19FN4O5. The van der Waals surface area contributed by atoms with E-state index in [1.165, 1.54) is 6.08 Å². The van der Waals surface area contributed by atoms with Crippen molar-refractivity contribution < 1.29 is 23.6 Å². The maximum Gasteiger partial charge on any atom is 0.331 e. The fraction of sp³-hybridized carbons (Fsp3) is 0.136. The van der Waals surface area contributed by atoms with Gasteiger partial charge in [0.05, 0.1) is 22.0 Å². The molecule has 164 valence electrons. The van der Waals surface area contributed by atoms with Crippen LogP contribution >= 0.6 is 0 Å². The standard InChI is InChI=1S/C22H19FN4O5/c1-14-18(15(2)26(25-14)16-6-4-3-5-7-16)9-11-22(29)32-13-21(28)24-20-12-17(27(30)31)8-10-19(20)23/h3-12H,13H2,1-2H3,(H,24,28)/b11-9+.